The topological polar surface area (TPSA) is 80.7 Å². The monoisotopic (exact) mass is 369 g/mol. The van der Waals surface area contributed by atoms with E-state index in [0.717, 1.165) is 27.2 Å². The van der Waals surface area contributed by atoms with Gasteiger partial charge in [0.05, 0.1) is 0 Å². The lowest BCUT2D eigenvalue weighted by atomic mass is 10.2. The Morgan fingerprint density at radius 1 is 1.23 bits per heavy atom. The lowest BCUT2D eigenvalue weighted by molar-refractivity contribution is 0.102. The second kappa shape index (κ2) is 7.14. The van der Waals surface area contributed by atoms with Crippen molar-refractivity contribution in [2.24, 2.45) is 0 Å². The number of hydrogen-bond donors (Lipinski definition) is 1. The third-order valence-electron chi connectivity index (χ3n) is 2.50. The van der Waals surface area contributed by atoms with Crippen LogP contribution in [0.25, 0.3) is 0 Å². The molecule has 2 aromatic heterocycles. The molecular formula is C12H8ClN5OS3. The van der Waals surface area contributed by atoms with Crippen LogP contribution in [0, 0.1) is 0 Å². The van der Waals surface area contributed by atoms with E-state index in [2.05, 4.69) is 25.1 Å². The van der Waals surface area contributed by atoms with E-state index in [4.69, 9.17) is 11.6 Å². The molecule has 6 nitrogen and oxygen atoms in total. The van der Waals surface area contributed by atoms with Crippen molar-refractivity contribution in [2.75, 3.05) is 5.32 Å². The number of halogens is 1. The second-order valence-electron chi connectivity index (χ2n) is 4.03. The van der Waals surface area contributed by atoms with Crippen LogP contribution < -0.4 is 5.32 Å². The highest BCUT2D eigenvalue weighted by Crippen LogP contribution is 2.28. The lowest BCUT2D eigenvalue weighted by Gasteiger charge is -1.98. The molecule has 0 bridgehead atoms. The third-order valence-corrected chi connectivity index (χ3v) is 5.29. The molecule has 1 N–H and O–H groups in total. The molecule has 0 radical (unpaired) electrons. The van der Waals surface area contributed by atoms with Crippen LogP contribution in [0.3, 0.4) is 0 Å². The first kappa shape index (κ1) is 15.3. The first-order valence-corrected chi connectivity index (χ1v) is 9.01. The van der Waals surface area contributed by atoms with Crippen LogP contribution in [-0.4, -0.2) is 25.7 Å². The molecule has 0 aliphatic rings. The minimum atomic E-state index is -0.334. The molecule has 0 fully saturated rings. The van der Waals surface area contributed by atoms with Crippen molar-refractivity contribution in [2.45, 2.75) is 10.1 Å². The fourth-order valence-corrected chi connectivity index (χ4v) is 3.73. The number of rotatable bonds is 5. The van der Waals surface area contributed by atoms with Gasteiger partial charge in [-0.05, 0) is 29.2 Å². The Morgan fingerprint density at radius 3 is 2.77 bits per heavy atom. The summed E-state index contributed by atoms with van der Waals surface area (Å²) in [6, 6.07) is 7.64. The van der Waals surface area contributed by atoms with Crippen molar-refractivity contribution in [1.29, 1.82) is 0 Å². The molecule has 0 spiro atoms. The molecule has 22 heavy (non-hydrogen) atoms. The number of amides is 1. The van der Waals surface area contributed by atoms with Gasteiger partial charge in [-0.3, -0.25) is 10.1 Å². The summed E-state index contributed by atoms with van der Waals surface area (Å²) < 4.78 is 4.42. The number of aromatic nitrogens is 4. The van der Waals surface area contributed by atoms with Crippen molar-refractivity contribution >= 4 is 57.3 Å². The SMILES string of the molecule is O=C(Nc1nnc(SCc2ccc(Cl)cc2)s1)c1csnn1. The van der Waals surface area contributed by atoms with Gasteiger partial charge in [-0.2, -0.15) is 0 Å². The van der Waals surface area contributed by atoms with Gasteiger partial charge in [-0.25, -0.2) is 0 Å². The average molecular weight is 370 g/mol. The van der Waals surface area contributed by atoms with E-state index in [-0.39, 0.29) is 11.6 Å². The maximum Gasteiger partial charge on any atom is 0.278 e. The fraction of sp³-hybridized carbons (Fsp3) is 0.0833. The van der Waals surface area contributed by atoms with Crippen LogP contribution in [0.1, 0.15) is 16.1 Å². The second-order valence-corrected chi connectivity index (χ2v) is 7.28. The van der Waals surface area contributed by atoms with Gasteiger partial charge >= 0.3 is 0 Å². The smallest absolute Gasteiger partial charge is 0.278 e. The lowest BCUT2D eigenvalue weighted by Crippen LogP contribution is -2.12. The number of nitrogens with one attached hydrogen (secondary N) is 1. The summed E-state index contributed by atoms with van der Waals surface area (Å²) in [7, 11) is 0. The molecule has 0 unspecified atom stereocenters. The van der Waals surface area contributed by atoms with E-state index >= 15 is 0 Å². The number of benzene rings is 1. The molecule has 112 valence electrons. The molecule has 3 aromatic rings. The number of nitrogens with zero attached hydrogens (tertiary/aromatic N) is 4. The van der Waals surface area contributed by atoms with Gasteiger partial charge in [0, 0.05) is 16.2 Å². The molecular weight excluding hydrogens is 362 g/mol. The highest BCUT2D eigenvalue weighted by atomic mass is 35.5. The van der Waals surface area contributed by atoms with Crippen LogP contribution in [0.5, 0.6) is 0 Å². The molecule has 0 atom stereocenters. The zero-order chi connectivity index (χ0) is 15.4. The van der Waals surface area contributed by atoms with E-state index in [0.29, 0.717) is 10.2 Å². The van der Waals surface area contributed by atoms with Crippen molar-refractivity contribution in [3.8, 4) is 0 Å². The number of anilines is 1. The first-order valence-electron chi connectivity index (χ1n) is 6.00. The Morgan fingerprint density at radius 2 is 2.05 bits per heavy atom. The van der Waals surface area contributed by atoms with E-state index in [1.54, 1.807) is 17.1 Å². The minimum absolute atomic E-state index is 0.274. The zero-order valence-electron chi connectivity index (χ0n) is 10.9. The summed E-state index contributed by atoms with van der Waals surface area (Å²) in [5.41, 5.74) is 1.42. The Labute approximate surface area is 143 Å². The predicted octanol–water partition coefficient (Wildman–Crippen LogP) is 3.59. The number of thioether (sulfide) groups is 1. The minimum Gasteiger partial charge on any atom is -0.295 e. The summed E-state index contributed by atoms with van der Waals surface area (Å²) in [6.07, 6.45) is 0. The summed E-state index contributed by atoms with van der Waals surface area (Å²) in [4.78, 5) is 11.8. The molecule has 0 saturated carbocycles. The molecule has 10 heteroatoms. The van der Waals surface area contributed by atoms with Crippen LogP contribution in [0.2, 0.25) is 5.02 Å². The first-order chi connectivity index (χ1) is 10.7. The highest BCUT2D eigenvalue weighted by Gasteiger charge is 2.12. The van der Waals surface area contributed by atoms with Gasteiger partial charge in [0.2, 0.25) is 5.13 Å². The normalized spacial score (nSPS) is 10.6. The van der Waals surface area contributed by atoms with E-state index in [1.807, 2.05) is 24.3 Å². The maximum atomic E-state index is 11.8. The summed E-state index contributed by atoms with van der Waals surface area (Å²) in [6.45, 7) is 0. The van der Waals surface area contributed by atoms with Gasteiger partial charge < -0.3 is 0 Å². The quantitative estimate of drug-likeness (QED) is 0.546. The summed E-state index contributed by atoms with van der Waals surface area (Å²) in [5.74, 6) is 0.426. The number of hydrogen-bond acceptors (Lipinski definition) is 8. The Bertz CT molecular complexity index is 759. The largest absolute Gasteiger partial charge is 0.295 e. The van der Waals surface area contributed by atoms with E-state index < -0.39 is 0 Å². The van der Waals surface area contributed by atoms with Gasteiger partial charge in [-0.1, -0.05) is 51.3 Å². The molecule has 3 rings (SSSR count). The molecule has 0 aliphatic heterocycles. The molecule has 0 saturated heterocycles. The van der Waals surface area contributed by atoms with Gasteiger partial charge in [0.15, 0.2) is 10.0 Å². The van der Waals surface area contributed by atoms with Crippen molar-refractivity contribution in [3.05, 3.63) is 45.9 Å². The number of carbonyl (C=O) groups is 1. The van der Waals surface area contributed by atoms with Crippen molar-refractivity contribution in [3.63, 3.8) is 0 Å². The highest BCUT2D eigenvalue weighted by molar-refractivity contribution is 8.00. The zero-order valence-corrected chi connectivity index (χ0v) is 14.1. The van der Waals surface area contributed by atoms with Crippen molar-refractivity contribution < 1.29 is 4.79 Å². The van der Waals surface area contributed by atoms with E-state index in [9.17, 15) is 4.79 Å². The summed E-state index contributed by atoms with van der Waals surface area (Å²) >= 11 is 9.84. The molecule has 2 heterocycles. The Balaban J connectivity index is 1.57. The van der Waals surface area contributed by atoms with Gasteiger partial charge in [-0.15, -0.1) is 15.3 Å². The number of carbonyl (C=O) groups excluding carboxylic acids is 1. The summed E-state index contributed by atoms with van der Waals surface area (Å²) in [5, 5.41) is 17.1. The third kappa shape index (κ3) is 4.01. The average Bonchev–Trinajstić information content (AvgIpc) is 3.18. The molecule has 1 amide bonds. The van der Waals surface area contributed by atoms with Crippen LogP contribution in [0.15, 0.2) is 34.0 Å². The van der Waals surface area contributed by atoms with Crippen LogP contribution in [0.4, 0.5) is 5.13 Å². The standard InChI is InChI=1S/C12H8ClN5OS3/c13-8-3-1-7(2-4-8)5-20-12-17-16-11(22-12)14-10(19)9-6-21-18-15-9/h1-4,6H,5H2,(H,14,16,19). The molecule has 0 aliphatic carbocycles. The van der Waals surface area contributed by atoms with Crippen LogP contribution >= 0.6 is 46.2 Å². The Kier molecular flexibility index (Phi) is 4.98. The fourth-order valence-electron chi connectivity index (χ4n) is 1.47. The maximum absolute atomic E-state index is 11.8. The van der Waals surface area contributed by atoms with Crippen molar-refractivity contribution in [1.82, 2.24) is 19.8 Å². The molecule has 1 aromatic carbocycles. The van der Waals surface area contributed by atoms with Gasteiger partial charge in [0.1, 0.15) is 0 Å². The van der Waals surface area contributed by atoms with E-state index in [1.165, 1.54) is 11.3 Å². The van der Waals surface area contributed by atoms with Gasteiger partial charge in [0.25, 0.3) is 5.91 Å². The predicted molar refractivity (Wildman–Crippen MR) is 88.8 cm³/mol. The Hall–Kier alpha value is -1.55. The van der Waals surface area contributed by atoms with Crippen LogP contribution in [-0.2, 0) is 5.75 Å².